The van der Waals surface area contributed by atoms with Crippen molar-refractivity contribution in [3.05, 3.63) is 54.4 Å². The minimum atomic E-state index is -1.00. The zero-order valence-corrected chi connectivity index (χ0v) is 31.4. The van der Waals surface area contributed by atoms with Gasteiger partial charge in [-0.05, 0) is 82.8 Å². The Morgan fingerprint density at radius 2 is 1.31 bits per heavy atom. The number of likely N-dealkylation sites (tertiary alicyclic amines) is 2. The average Bonchev–Trinajstić information content (AvgIpc) is 3.80. The summed E-state index contributed by atoms with van der Waals surface area (Å²) < 4.78 is 8.32. The lowest BCUT2D eigenvalue weighted by molar-refractivity contribution is -0.138. The van der Waals surface area contributed by atoms with Crippen molar-refractivity contribution < 1.29 is 39.2 Å². The van der Waals surface area contributed by atoms with E-state index in [1.807, 2.05) is 36.4 Å². The highest BCUT2D eigenvalue weighted by molar-refractivity contribution is 8.00. The number of thioether (sulfide) groups is 3. The first-order valence-corrected chi connectivity index (χ1v) is 19.7. The van der Waals surface area contributed by atoms with Crippen LogP contribution in [0.1, 0.15) is 37.7 Å². The number of carbonyl (C=O) groups is 4. The van der Waals surface area contributed by atoms with E-state index >= 15 is 0 Å². The number of aromatic nitrogens is 9. The van der Waals surface area contributed by atoms with Gasteiger partial charge in [0, 0.05) is 59.7 Å². The number of amides is 2. The summed E-state index contributed by atoms with van der Waals surface area (Å²) in [4.78, 5) is 53.1. The van der Waals surface area contributed by atoms with Gasteiger partial charge in [-0.15, -0.1) is 22.0 Å². The number of carboxylic acid groups (broad SMARTS) is 3. The van der Waals surface area contributed by atoms with Crippen molar-refractivity contribution in [3.8, 4) is 5.75 Å². The highest BCUT2D eigenvalue weighted by Crippen LogP contribution is 2.30. The molecule has 3 aromatic heterocycles. The summed E-state index contributed by atoms with van der Waals surface area (Å²) in [6.07, 6.45) is 6.19. The molecule has 0 radical (unpaired) electrons. The number of benzene rings is 1. The van der Waals surface area contributed by atoms with Gasteiger partial charge < -0.3 is 29.9 Å². The second kappa shape index (κ2) is 20.5. The number of hydrogen-bond donors (Lipinski definition) is 3. The lowest BCUT2D eigenvalue weighted by Crippen LogP contribution is -2.41. The van der Waals surface area contributed by atoms with E-state index in [0.29, 0.717) is 55.1 Å². The van der Waals surface area contributed by atoms with Crippen molar-refractivity contribution in [2.75, 3.05) is 31.9 Å². The van der Waals surface area contributed by atoms with Crippen LogP contribution in [0.3, 0.4) is 0 Å². The molecule has 4 aromatic rings. The first-order valence-electron chi connectivity index (χ1n) is 17.0. The number of ether oxygens (including phenoxy) is 1. The standard InChI is InChI=1S/C23H26N6O4S2.C9H13N5O4S/c30-21(31)9-15-29-22(25-26-27-29)35-20-7-13-28(14-8-20)23(32)33-18-3-1-17(2-4-18)10-16-34-19-5-11-24-12-6-19;15-7(16)5-14-8(10-11-12-14)19-6-1-3-13(4-2-6)9(17)18/h1-6,11-12,20H,7-10,13-16H2,(H,30,31);6H,1-5H2,(H,15,16)(H,17,18). The van der Waals surface area contributed by atoms with Crippen LogP contribution < -0.4 is 4.74 Å². The van der Waals surface area contributed by atoms with E-state index in [1.54, 1.807) is 29.1 Å². The minimum absolute atomic E-state index is 0.0333. The van der Waals surface area contributed by atoms with Crippen LogP contribution in [0.2, 0.25) is 0 Å². The maximum absolute atomic E-state index is 12.6. The number of piperidine rings is 2. The van der Waals surface area contributed by atoms with E-state index in [-0.39, 0.29) is 36.1 Å². The summed E-state index contributed by atoms with van der Waals surface area (Å²) in [6.45, 7) is 2.08. The van der Waals surface area contributed by atoms with Crippen molar-refractivity contribution in [1.82, 2.24) is 55.2 Å². The summed E-state index contributed by atoms with van der Waals surface area (Å²) >= 11 is 4.71. The third-order valence-corrected chi connectivity index (χ3v) is 11.8. The molecule has 0 unspecified atom stereocenters. The summed E-state index contributed by atoms with van der Waals surface area (Å²) in [7, 11) is 0. The van der Waals surface area contributed by atoms with Crippen LogP contribution in [0.15, 0.2) is 64.0 Å². The lowest BCUT2D eigenvalue weighted by Gasteiger charge is -2.30. The third kappa shape index (κ3) is 12.9. The molecule has 6 rings (SSSR count). The van der Waals surface area contributed by atoms with E-state index in [9.17, 15) is 19.2 Å². The first-order chi connectivity index (χ1) is 26.1. The van der Waals surface area contributed by atoms with Crippen molar-refractivity contribution in [1.29, 1.82) is 0 Å². The Hall–Kier alpha value is -4.96. The molecule has 2 fully saturated rings. The average molecular weight is 802 g/mol. The SMILES string of the molecule is O=C(O)CCn1nnnc1SC1CCN(C(=O)Oc2ccc(CCSc3ccncc3)cc2)CC1.O=C(O)Cn1nnnc1SC1CCN(C(=O)O)CC1. The summed E-state index contributed by atoms with van der Waals surface area (Å²) in [5.74, 6) is -0.399. The summed E-state index contributed by atoms with van der Waals surface area (Å²) in [6, 6.07) is 11.7. The van der Waals surface area contributed by atoms with Crippen LogP contribution in [0, 0.1) is 0 Å². The van der Waals surface area contributed by atoms with E-state index < -0.39 is 18.0 Å². The molecule has 2 aliphatic rings. The zero-order chi connectivity index (χ0) is 38.3. The molecule has 2 aliphatic heterocycles. The van der Waals surface area contributed by atoms with Gasteiger partial charge >= 0.3 is 24.1 Å². The molecule has 0 aliphatic carbocycles. The normalized spacial score (nSPS) is 15.0. The Kier molecular flexibility index (Phi) is 15.3. The van der Waals surface area contributed by atoms with Gasteiger partial charge in [0.2, 0.25) is 10.3 Å². The number of carboxylic acids is 2. The van der Waals surface area contributed by atoms with Crippen molar-refractivity contribution in [2.24, 2.45) is 0 Å². The maximum atomic E-state index is 12.6. The number of nitrogens with zero attached hydrogens (tertiary/aromatic N) is 11. The second-order valence-electron chi connectivity index (χ2n) is 12.0. The number of hydrogen-bond acceptors (Lipinski definition) is 15. The van der Waals surface area contributed by atoms with Gasteiger partial charge in [0.15, 0.2) is 0 Å². The molecule has 2 saturated heterocycles. The quantitative estimate of drug-likeness (QED) is 0.154. The van der Waals surface area contributed by atoms with Crippen molar-refractivity contribution in [2.45, 2.75) is 77.3 Å². The van der Waals surface area contributed by atoms with Crippen LogP contribution in [0.5, 0.6) is 5.75 Å². The van der Waals surface area contributed by atoms with Gasteiger partial charge in [0.05, 0.1) is 13.0 Å². The molecule has 0 atom stereocenters. The molecule has 19 nitrogen and oxygen atoms in total. The molecular weight excluding hydrogens is 763 g/mol. The molecule has 0 spiro atoms. The second-order valence-corrected chi connectivity index (χ2v) is 15.7. The smallest absolute Gasteiger partial charge is 0.415 e. The number of carbonyl (C=O) groups excluding carboxylic acids is 1. The number of tetrazole rings is 2. The van der Waals surface area contributed by atoms with Gasteiger partial charge in [0.25, 0.3) is 0 Å². The van der Waals surface area contributed by atoms with Gasteiger partial charge in [-0.2, -0.15) is 0 Å². The third-order valence-electron chi connectivity index (χ3n) is 8.22. The first kappa shape index (κ1) is 40.2. The molecular formula is C32H39N11O8S3. The predicted octanol–water partition coefficient (Wildman–Crippen LogP) is 3.63. The fourth-order valence-corrected chi connectivity index (χ4v) is 8.38. The van der Waals surface area contributed by atoms with Gasteiger partial charge in [-0.25, -0.2) is 19.0 Å². The lowest BCUT2D eigenvalue weighted by atomic mass is 10.1. The van der Waals surface area contributed by atoms with E-state index in [1.165, 1.54) is 48.2 Å². The minimum Gasteiger partial charge on any atom is -0.481 e. The summed E-state index contributed by atoms with van der Waals surface area (Å²) in [5.41, 5.74) is 1.19. The van der Waals surface area contributed by atoms with Crippen LogP contribution >= 0.6 is 35.3 Å². The molecule has 3 N–H and O–H groups in total. The molecule has 0 bridgehead atoms. The van der Waals surface area contributed by atoms with Gasteiger partial charge in [-0.1, -0.05) is 35.7 Å². The van der Waals surface area contributed by atoms with Gasteiger partial charge in [0.1, 0.15) is 12.3 Å². The molecule has 5 heterocycles. The van der Waals surface area contributed by atoms with E-state index in [4.69, 9.17) is 20.1 Å². The molecule has 54 heavy (non-hydrogen) atoms. The molecule has 1 aromatic carbocycles. The Bertz CT molecular complexity index is 1820. The monoisotopic (exact) mass is 801 g/mol. The van der Waals surface area contributed by atoms with Crippen molar-refractivity contribution in [3.63, 3.8) is 0 Å². The van der Waals surface area contributed by atoms with Crippen molar-refractivity contribution >= 4 is 59.4 Å². The van der Waals surface area contributed by atoms with Crippen LogP contribution in [-0.4, -0.2) is 137 Å². The molecule has 22 heteroatoms. The fourth-order valence-electron chi connectivity index (χ4n) is 5.36. The summed E-state index contributed by atoms with van der Waals surface area (Å²) in [5, 5.41) is 50.3. The van der Waals surface area contributed by atoms with Crippen LogP contribution in [0.4, 0.5) is 9.59 Å². The Labute approximate surface area is 322 Å². The molecule has 0 saturated carbocycles. The topological polar surface area (TPSA) is 245 Å². The predicted molar refractivity (Wildman–Crippen MR) is 196 cm³/mol. The largest absolute Gasteiger partial charge is 0.481 e. The van der Waals surface area contributed by atoms with Gasteiger partial charge in [-0.3, -0.25) is 14.6 Å². The molecule has 2 amide bonds. The number of pyridine rings is 1. The highest BCUT2D eigenvalue weighted by Gasteiger charge is 2.27. The Balaban J connectivity index is 0.000000249. The number of rotatable bonds is 14. The molecule has 288 valence electrons. The van der Waals surface area contributed by atoms with E-state index in [2.05, 4.69) is 36.0 Å². The number of aryl methyl sites for hydroxylation is 2. The van der Waals surface area contributed by atoms with E-state index in [0.717, 1.165) is 25.0 Å². The van der Waals surface area contributed by atoms with Crippen LogP contribution in [-0.2, 0) is 29.1 Å². The van der Waals surface area contributed by atoms with Crippen LogP contribution in [0.25, 0.3) is 0 Å². The zero-order valence-electron chi connectivity index (χ0n) is 29.0. The highest BCUT2D eigenvalue weighted by atomic mass is 32.2. The fraction of sp³-hybridized carbons (Fsp3) is 0.469. The Morgan fingerprint density at radius 1 is 0.741 bits per heavy atom. The number of aliphatic carboxylic acids is 2. The maximum Gasteiger partial charge on any atom is 0.415 e. The Morgan fingerprint density at radius 3 is 1.89 bits per heavy atom.